The van der Waals surface area contributed by atoms with Gasteiger partial charge < -0.3 is 48.6 Å². The number of rotatable bonds is 9. The molecule has 3 aliphatic heterocycles. The van der Waals surface area contributed by atoms with Gasteiger partial charge in [-0.2, -0.15) is 0 Å². The maximum absolute atomic E-state index is 14.5. The molecule has 15 nitrogen and oxygen atoms in total. The summed E-state index contributed by atoms with van der Waals surface area (Å²) in [5.41, 5.74) is 1.31. The number of ketones is 3. The van der Waals surface area contributed by atoms with Gasteiger partial charge in [0, 0.05) is 58.5 Å². The number of allylic oxidation sites excluding steroid dienone is 4. The standard InChI is InChI=1S/C53H85NO14/c1-32-16-12-11-13-17-33(2)44(63-8)30-40-21-19-38(7)53(62,68-40)50(59)51(60)54-23-15-14-18-41(54)52(61)67-45(35(4)28-39-20-22-43(66-25-24-55)46(29-39)64-9)31-42(56)34(3)27-37(6)48(58)49(65-10)47(57)36(5)26-32/h11,13,17,27,32,34-36,38-41,43-46,48-49,55,58,62H,12,14-16,18-26,28-31H2,1-10H3/b13-11?,33-17?,37-27+/t32-,34-,35-,36-,38-,39+,40+,41+,43-,44+,45+,46-,48-,49+,53-/m1/s1. The molecule has 2 saturated heterocycles. The number of aliphatic hydroxyl groups excluding tert-OH is 2. The first-order valence-corrected chi connectivity index (χ1v) is 25.3. The third-order valence-corrected chi connectivity index (χ3v) is 15.2. The average Bonchev–Trinajstić information content (AvgIpc) is 3.32. The molecule has 68 heavy (non-hydrogen) atoms. The van der Waals surface area contributed by atoms with Gasteiger partial charge in [0.15, 0.2) is 5.78 Å². The molecule has 1 saturated carbocycles. The minimum absolute atomic E-state index is 0.0900. The van der Waals surface area contributed by atoms with Crippen molar-refractivity contribution in [1.82, 2.24) is 4.90 Å². The summed E-state index contributed by atoms with van der Waals surface area (Å²) in [6.45, 7) is 13.1. The van der Waals surface area contributed by atoms with Gasteiger partial charge in [0.25, 0.3) is 11.7 Å². The molecule has 0 spiro atoms. The zero-order valence-electron chi connectivity index (χ0n) is 42.7. The molecule has 386 valence electrons. The largest absolute Gasteiger partial charge is 0.460 e. The van der Waals surface area contributed by atoms with E-state index in [4.69, 9.17) is 28.4 Å². The maximum Gasteiger partial charge on any atom is 0.329 e. The zero-order chi connectivity index (χ0) is 50.3. The van der Waals surface area contributed by atoms with Crippen LogP contribution in [0.15, 0.2) is 35.5 Å². The molecule has 2 bridgehead atoms. The van der Waals surface area contributed by atoms with Crippen LogP contribution in [-0.4, -0.2) is 145 Å². The molecule has 15 atom stereocenters. The smallest absolute Gasteiger partial charge is 0.329 e. The minimum Gasteiger partial charge on any atom is -0.460 e. The molecule has 3 N–H and O–H groups in total. The second-order valence-electron chi connectivity index (χ2n) is 20.5. The molecule has 3 heterocycles. The molecule has 1 aliphatic carbocycles. The van der Waals surface area contributed by atoms with E-state index >= 15 is 0 Å². The number of carbonyl (C=O) groups excluding carboxylic acids is 5. The summed E-state index contributed by atoms with van der Waals surface area (Å²) >= 11 is 0. The molecular formula is C53H85NO14. The van der Waals surface area contributed by atoms with Crippen LogP contribution in [0.1, 0.15) is 138 Å². The number of aliphatic hydroxyl groups is 3. The summed E-state index contributed by atoms with van der Waals surface area (Å²) < 4.78 is 35.6. The third kappa shape index (κ3) is 15.4. The highest BCUT2D eigenvalue weighted by atomic mass is 16.6. The fourth-order valence-electron chi connectivity index (χ4n) is 10.8. The van der Waals surface area contributed by atoms with Gasteiger partial charge in [-0.3, -0.25) is 19.2 Å². The van der Waals surface area contributed by atoms with E-state index in [1.54, 1.807) is 41.1 Å². The predicted octanol–water partition coefficient (Wildman–Crippen LogP) is 6.42. The van der Waals surface area contributed by atoms with Crippen LogP contribution >= 0.6 is 0 Å². The summed E-state index contributed by atoms with van der Waals surface area (Å²) in [7, 11) is 4.61. The number of hydrogen-bond acceptors (Lipinski definition) is 14. The molecule has 4 aliphatic rings. The van der Waals surface area contributed by atoms with Crippen molar-refractivity contribution >= 4 is 29.2 Å². The van der Waals surface area contributed by atoms with Crippen LogP contribution in [-0.2, 0) is 52.4 Å². The van der Waals surface area contributed by atoms with Crippen molar-refractivity contribution in [3.05, 3.63) is 35.5 Å². The van der Waals surface area contributed by atoms with Crippen molar-refractivity contribution in [1.29, 1.82) is 0 Å². The Balaban J connectivity index is 1.68. The summed E-state index contributed by atoms with van der Waals surface area (Å²) in [5, 5.41) is 32.8. The van der Waals surface area contributed by atoms with Crippen molar-refractivity contribution in [3.8, 4) is 0 Å². The Bertz CT molecular complexity index is 1760. The van der Waals surface area contributed by atoms with Crippen molar-refractivity contribution in [2.75, 3.05) is 41.1 Å². The number of nitrogens with zero attached hydrogens (tertiary/aromatic N) is 1. The van der Waals surface area contributed by atoms with E-state index in [0.29, 0.717) is 63.4 Å². The average molecular weight is 960 g/mol. The topological polar surface area (TPSA) is 205 Å². The number of amides is 1. The fourth-order valence-corrected chi connectivity index (χ4v) is 10.8. The normalized spacial score (nSPS) is 37.7. The molecule has 0 aromatic heterocycles. The molecule has 4 rings (SSSR count). The first-order chi connectivity index (χ1) is 32.3. The summed E-state index contributed by atoms with van der Waals surface area (Å²) in [5.74, 6) is -7.64. The second-order valence-corrected chi connectivity index (χ2v) is 20.5. The molecule has 15 heteroatoms. The Morgan fingerprint density at radius 1 is 0.868 bits per heavy atom. The van der Waals surface area contributed by atoms with E-state index in [0.717, 1.165) is 24.8 Å². The molecule has 1 amide bonds. The lowest BCUT2D eigenvalue weighted by Crippen LogP contribution is -2.61. The lowest BCUT2D eigenvalue weighted by atomic mass is 9.78. The van der Waals surface area contributed by atoms with E-state index in [1.807, 2.05) is 32.9 Å². The number of esters is 1. The number of fused-ring (bicyclic) bond motifs is 3. The highest BCUT2D eigenvalue weighted by Gasteiger charge is 2.53. The van der Waals surface area contributed by atoms with Crippen molar-refractivity contribution < 1.29 is 67.7 Å². The number of ether oxygens (including phenoxy) is 6. The molecule has 3 fully saturated rings. The van der Waals surface area contributed by atoms with Crippen molar-refractivity contribution in [3.63, 3.8) is 0 Å². The van der Waals surface area contributed by atoms with Crippen LogP contribution in [0.5, 0.6) is 0 Å². The number of methoxy groups -OCH3 is 3. The fraction of sp³-hybridized carbons (Fsp3) is 0.792. The van der Waals surface area contributed by atoms with E-state index in [2.05, 4.69) is 13.0 Å². The quantitative estimate of drug-likeness (QED) is 0.130. The first-order valence-electron chi connectivity index (χ1n) is 25.3. The monoisotopic (exact) mass is 960 g/mol. The highest BCUT2D eigenvalue weighted by Crippen LogP contribution is 2.38. The van der Waals surface area contributed by atoms with Crippen LogP contribution in [0.4, 0.5) is 0 Å². The predicted molar refractivity (Wildman–Crippen MR) is 256 cm³/mol. The van der Waals surface area contributed by atoms with Gasteiger partial charge in [-0.25, -0.2) is 4.79 Å². The number of carbonyl (C=O) groups is 5. The summed E-state index contributed by atoms with van der Waals surface area (Å²) in [6, 6.07) is -1.14. The Morgan fingerprint density at radius 3 is 2.28 bits per heavy atom. The highest BCUT2D eigenvalue weighted by molar-refractivity contribution is 6.39. The first kappa shape index (κ1) is 57.4. The number of hydrogen-bond donors (Lipinski definition) is 3. The van der Waals surface area contributed by atoms with Gasteiger partial charge in [0.05, 0.1) is 37.6 Å². The second kappa shape index (κ2) is 27.5. The summed E-state index contributed by atoms with van der Waals surface area (Å²) in [6.07, 6.45) is 10.3. The third-order valence-electron chi connectivity index (χ3n) is 15.2. The van der Waals surface area contributed by atoms with E-state index in [-0.39, 0.29) is 74.1 Å². The van der Waals surface area contributed by atoms with Gasteiger partial charge in [-0.15, -0.1) is 0 Å². The van der Waals surface area contributed by atoms with Crippen LogP contribution in [0.25, 0.3) is 0 Å². The molecule has 0 unspecified atom stereocenters. The number of cyclic esters (lactones) is 1. The van der Waals surface area contributed by atoms with Gasteiger partial charge in [-0.05, 0) is 120 Å². The Morgan fingerprint density at radius 2 is 1.60 bits per heavy atom. The lowest BCUT2D eigenvalue weighted by Gasteiger charge is -2.42. The van der Waals surface area contributed by atoms with E-state index in [1.165, 1.54) is 12.0 Å². The number of piperidine rings is 1. The maximum atomic E-state index is 14.5. The van der Waals surface area contributed by atoms with Crippen LogP contribution in [0.3, 0.4) is 0 Å². The van der Waals surface area contributed by atoms with Crippen molar-refractivity contribution in [2.45, 2.75) is 193 Å². The molecule has 0 aromatic rings. The van der Waals surface area contributed by atoms with Gasteiger partial charge in [0.1, 0.15) is 30.1 Å². The molecular weight excluding hydrogens is 875 g/mol. The van der Waals surface area contributed by atoms with Gasteiger partial charge >= 0.3 is 5.97 Å². The zero-order valence-corrected chi connectivity index (χ0v) is 42.7. The SMILES string of the molecule is CO[C@H]1C[C@@H]2CC[C@@H](C)[C@@](O)(O2)C(=O)C(=O)N2CCCC[C@H]2C(=O)O[C@H]([C@H](C)C[C@@H]2CC[C@@H](OCCO)[C@H](OC)C2)CC(=O)[C@H](C)/C=C(\C)[C@@H](O)[C@@H](OC)C(=O)[C@H](C)C[C@H](C)CCC=CC=C1C. The van der Waals surface area contributed by atoms with E-state index in [9.17, 15) is 39.3 Å². The van der Waals surface area contributed by atoms with Gasteiger partial charge in [-0.1, -0.05) is 58.9 Å². The summed E-state index contributed by atoms with van der Waals surface area (Å²) in [4.78, 5) is 72.2. The lowest BCUT2D eigenvalue weighted by molar-refractivity contribution is -0.265. The Kier molecular flexibility index (Phi) is 23.2. The van der Waals surface area contributed by atoms with Crippen molar-refractivity contribution in [2.24, 2.45) is 35.5 Å². The minimum atomic E-state index is -2.42. The van der Waals surface area contributed by atoms with Crippen LogP contribution in [0.2, 0.25) is 0 Å². The van der Waals surface area contributed by atoms with Crippen LogP contribution < -0.4 is 0 Å². The Labute approximate surface area is 405 Å². The Hall–Kier alpha value is -3.15. The molecule has 0 radical (unpaired) electrons. The van der Waals surface area contributed by atoms with Crippen LogP contribution in [0, 0.1) is 35.5 Å². The molecule has 0 aromatic carbocycles. The van der Waals surface area contributed by atoms with E-state index < -0.39 is 77.8 Å². The number of Topliss-reactive ketones (excluding diaryl/α,β-unsaturated/α-hetero) is 3. The van der Waals surface area contributed by atoms with Gasteiger partial charge in [0.2, 0.25) is 5.79 Å².